The molecule has 27 heavy (non-hydrogen) atoms. The Labute approximate surface area is 151 Å². The minimum Gasteiger partial charge on any atom is -0.346 e. The van der Waals surface area contributed by atoms with Crippen LogP contribution in [-0.2, 0) is 22.9 Å². The van der Waals surface area contributed by atoms with E-state index < -0.39 is 63.5 Å². The molecule has 0 saturated carbocycles. The van der Waals surface area contributed by atoms with E-state index in [1.54, 1.807) is 0 Å². The Morgan fingerprint density at radius 2 is 1.96 bits per heavy atom. The molecule has 5 atom stereocenters. The summed E-state index contributed by atoms with van der Waals surface area (Å²) in [7, 11) is -9.25. The van der Waals surface area contributed by atoms with Crippen molar-refractivity contribution >= 4 is 15.4 Å². The number of rotatable bonds is 7. The third-order valence-electron chi connectivity index (χ3n) is 3.72. The molecule has 1 unspecified atom stereocenters. The van der Waals surface area contributed by atoms with E-state index in [0.717, 1.165) is 16.8 Å². The summed E-state index contributed by atoms with van der Waals surface area (Å²) in [6, 6.07) is 0.940. The van der Waals surface area contributed by atoms with E-state index >= 15 is 0 Å². The Bertz CT molecular complexity index is 879. The van der Waals surface area contributed by atoms with Crippen LogP contribution in [0.4, 0.5) is 4.39 Å². The molecule has 2 heterocycles. The largest absolute Gasteiger partial charge is 0.469 e. The van der Waals surface area contributed by atoms with Crippen molar-refractivity contribution < 1.29 is 42.0 Å². The van der Waals surface area contributed by atoms with Crippen molar-refractivity contribution in [2.24, 2.45) is 0 Å². The first kappa shape index (κ1) is 22.1. The first-order valence-corrected chi connectivity index (χ1v) is 10.8. The molecule has 1 fully saturated rings. The summed E-state index contributed by atoms with van der Waals surface area (Å²) in [6.45, 7) is 1.82. The second-order valence-electron chi connectivity index (χ2n) is 6.04. The van der Waals surface area contributed by atoms with E-state index in [0.29, 0.717) is 0 Å². The van der Waals surface area contributed by atoms with Gasteiger partial charge in [0.15, 0.2) is 12.4 Å². The lowest BCUT2D eigenvalue weighted by Gasteiger charge is -2.25. The Kier molecular flexibility index (Phi) is 6.60. The monoisotopic (exact) mass is 432 g/mol. The van der Waals surface area contributed by atoms with Gasteiger partial charge in [0.25, 0.3) is 5.56 Å². The summed E-state index contributed by atoms with van der Waals surface area (Å²) in [5, 5.41) is 0. The quantitative estimate of drug-likeness (QED) is 0.424. The highest BCUT2D eigenvalue weighted by atomic mass is 31.2. The number of hydrogen-bond donors (Lipinski definition) is 4. The van der Waals surface area contributed by atoms with Crippen LogP contribution in [-0.4, -0.2) is 54.9 Å². The highest BCUT2D eigenvalue weighted by Crippen LogP contribution is 2.52. The average Bonchev–Trinajstić information content (AvgIpc) is 2.81. The summed E-state index contributed by atoms with van der Waals surface area (Å²) in [5.74, 6) is 0. The summed E-state index contributed by atoms with van der Waals surface area (Å²) < 4.78 is 52.9. The van der Waals surface area contributed by atoms with Crippen molar-refractivity contribution in [1.82, 2.24) is 9.55 Å². The lowest BCUT2D eigenvalue weighted by Crippen LogP contribution is -2.38. The molecular weight excluding hydrogens is 413 g/mol. The van der Waals surface area contributed by atoms with Gasteiger partial charge in [0.05, 0.1) is 12.3 Å². The van der Waals surface area contributed by atoms with E-state index in [9.17, 15) is 28.0 Å². The van der Waals surface area contributed by atoms with Crippen molar-refractivity contribution in [2.75, 3.05) is 6.61 Å². The second-order valence-corrected chi connectivity index (χ2v) is 9.65. The standard InChI is InChI=1S/C12H19FN2O10P2/c1-6(2)26(18,19)25-10-9(13)7(5-23-27(20,21)22)24-11(10)15-4-3-8(16)14-12(15)17/h3-4,6-7,9-11H,5H2,1-2H3,(H,18,19)(H,14,16,17)(H2,20,21,22)/t7-,9-,10-,11-/m1/s1. The van der Waals surface area contributed by atoms with Crippen molar-refractivity contribution in [3.05, 3.63) is 33.1 Å². The van der Waals surface area contributed by atoms with Crippen LogP contribution in [0, 0.1) is 0 Å². The van der Waals surface area contributed by atoms with Crippen LogP contribution in [0.5, 0.6) is 0 Å². The molecule has 0 spiro atoms. The molecule has 0 aromatic carbocycles. The molecule has 1 aromatic heterocycles. The van der Waals surface area contributed by atoms with Crippen molar-refractivity contribution in [2.45, 2.75) is 44.1 Å². The van der Waals surface area contributed by atoms with Crippen molar-refractivity contribution in [3.8, 4) is 0 Å². The lowest BCUT2D eigenvalue weighted by molar-refractivity contribution is -0.0503. The zero-order valence-electron chi connectivity index (χ0n) is 14.2. The maximum atomic E-state index is 14.8. The molecule has 0 aliphatic carbocycles. The predicted molar refractivity (Wildman–Crippen MR) is 88.0 cm³/mol. The molecule has 1 aliphatic heterocycles. The normalized spacial score (nSPS) is 28.4. The van der Waals surface area contributed by atoms with Crippen molar-refractivity contribution in [3.63, 3.8) is 0 Å². The molecule has 0 amide bonds. The molecule has 0 bridgehead atoms. The predicted octanol–water partition coefficient (Wildman–Crippen LogP) is -0.140. The number of hydrogen-bond acceptors (Lipinski definition) is 7. The van der Waals surface area contributed by atoms with E-state index in [-0.39, 0.29) is 0 Å². The van der Waals surface area contributed by atoms with E-state index in [1.165, 1.54) is 13.8 Å². The van der Waals surface area contributed by atoms with E-state index in [1.807, 2.05) is 4.98 Å². The highest BCUT2D eigenvalue weighted by molar-refractivity contribution is 7.53. The molecule has 154 valence electrons. The number of halogens is 1. The molecule has 1 aromatic rings. The molecular formula is C12H19FN2O10P2. The number of nitrogens with zero attached hydrogens (tertiary/aromatic N) is 1. The molecule has 1 aliphatic rings. The average molecular weight is 432 g/mol. The first-order chi connectivity index (χ1) is 12.3. The Balaban J connectivity index is 2.37. The number of alkyl halides is 1. The van der Waals surface area contributed by atoms with Gasteiger partial charge in [0, 0.05) is 12.3 Å². The number of phosphoric ester groups is 1. The third-order valence-corrected chi connectivity index (χ3v) is 6.06. The molecule has 2 rings (SSSR count). The summed E-state index contributed by atoms with van der Waals surface area (Å²) in [4.78, 5) is 52.5. The van der Waals surface area contributed by atoms with Gasteiger partial charge in [0.2, 0.25) is 0 Å². The molecule has 12 nitrogen and oxygen atoms in total. The van der Waals surface area contributed by atoms with Crippen LogP contribution < -0.4 is 11.2 Å². The second kappa shape index (κ2) is 8.06. The molecule has 0 radical (unpaired) electrons. The fourth-order valence-electron chi connectivity index (χ4n) is 2.26. The van der Waals surface area contributed by atoms with Crippen LogP contribution in [0.3, 0.4) is 0 Å². The Morgan fingerprint density at radius 3 is 2.48 bits per heavy atom. The van der Waals surface area contributed by atoms with Gasteiger partial charge >= 0.3 is 21.1 Å². The first-order valence-electron chi connectivity index (χ1n) is 7.64. The van der Waals surface area contributed by atoms with Crippen LogP contribution in [0.15, 0.2) is 21.9 Å². The van der Waals surface area contributed by atoms with E-state index in [4.69, 9.17) is 19.0 Å². The summed E-state index contributed by atoms with van der Waals surface area (Å²) >= 11 is 0. The smallest absolute Gasteiger partial charge is 0.346 e. The maximum Gasteiger partial charge on any atom is 0.469 e. The van der Waals surface area contributed by atoms with Gasteiger partial charge < -0.3 is 19.4 Å². The summed E-state index contributed by atoms with van der Waals surface area (Å²) in [6.07, 6.45) is -6.18. The van der Waals surface area contributed by atoms with Gasteiger partial charge in [-0.2, -0.15) is 0 Å². The van der Waals surface area contributed by atoms with Crippen LogP contribution in [0.25, 0.3) is 0 Å². The SMILES string of the molecule is CC(C)P(=O)(O)O[C@@H]1[C@H](F)[C@@H](COP(=O)(O)O)O[C@H]1n1ccc(=O)[nH]c1=O. The third kappa shape index (κ3) is 5.43. The fraction of sp³-hybridized carbons (Fsp3) is 0.667. The summed E-state index contributed by atoms with van der Waals surface area (Å²) in [5.41, 5.74) is -2.63. The van der Waals surface area contributed by atoms with Crippen LogP contribution in [0.1, 0.15) is 20.1 Å². The molecule has 4 N–H and O–H groups in total. The lowest BCUT2D eigenvalue weighted by atomic mass is 10.1. The van der Waals surface area contributed by atoms with Gasteiger partial charge in [-0.15, -0.1) is 0 Å². The number of phosphoric acid groups is 1. The van der Waals surface area contributed by atoms with E-state index in [2.05, 4.69) is 4.52 Å². The molecule has 1 saturated heterocycles. The van der Waals surface area contributed by atoms with Gasteiger partial charge in [-0.3, -0.25) is 28.0 Å². The number of aromatic nitrogens is 2. The fourth-order valence-corrected chi connectivity index (χ4v) is 3.41. The number of aromatic amines is 1. The number of nitrogens with one attached hydrogen (secondary N) is 1. The highest BCUT2D eigenvalue weighted by Gasteiger charge is 2.51. The Morgan fingerprint density at radius 1 is 1.33 bits per heavy atom. The van der Waals surface area contributed by atoms with Crippen LogP contribution >= 0.6 is 15.4 Å². The Hall–Kier alpha value is -1.17. The van der Waals surface area contributed by atoms with Gasteiger partial charge in [-0.25, -0.2) is 13.8 Å². The minimum absolute atomic E-state index is 0.733. The zero-order chi connectivity index (χ0) is 20.6. The number of ether oxygens (including phenoxy) is 1. The van der Waals surface area contributed by atoms with Crippen LogP contribution in [0.2, 0.25) is 0 Å². The van der Waals surface area contributed by atoms with Crippen molar-refractivity contribution in [1.29, 1.82) is 0 Å². The molecule has 15 heteroatoms. The topological polar surface area (TPSA) is 177 Å². The zero-order valence-corrected chi connectivity index (χ0v) is 16.0. The van der Waals surface area contributed by atoms with Gasteiger partial charge in [0.1, 0.15) is 12.2 Å². The van der Waals surface area contributed by atoms with Gasteiger partial charge in [-0.05, 0) is 0 Å². The maximum absolute atomic E-state index is 14.8. The number of H-pyrrole nitrogens is 1. The minimum atomic E-state index is -4.94. The van der Waals surface area contributed by atoms with Gasteiger partial charge in [-0.1, -0.05) is 13.8 Å².